The molecule has 0 saturated carbocycles. The Morgan fingerprint density at radius 1 is 1.33 bits per heavy atom. The lowest BCUT2D eigenvalue weighted by molar-refractivity contribution is 0.181. The van der Waals surface area contributed by atoms with Crippen LogP contribution in [-0.2, 0) is 17.6 Å². The normalized spacial score (nSPS) is 15.3. The van der Waals surface area contributed by atoms with Gasteiger partial charge in [-0.3, -0.25) is 4.90 Å². The number of thiophene rings is 1. The van der Waals surface area contributed by atoms with E-state index in [0.29, 0.717) is 13.2 Å². The Labute approximate surface area is 113 Å². The number of anilines is 1. The summed E-state index contributed by atoms with van der Waals surface area (Å²) < 4.78 is 5.06. The minimum absolute atomic E-state index is 0.184. The van der Waals surface area contributed by atoms with Crippen LogP contribution in [0.15, 0.2) is 0 Å². The van der Waals surface area contributed by atoms with E-state index in [2.05, 4.69) is 20.8 Å². The van der Waals surface area contributed by atoms with E-state index in [1.54, 1.807) is 11.3 Å². The number of amides is 1. The van der Waals surface area contributed by atoms with Gasteiger partial charge in [-0.2, -0.15) is 0 Å². The molecule has 4 heteroatoms. The van der Waals surface area contributed by atoms with Gasteiger partial charge in [0, 0.05) is 4.88 Å². The fraction of sp³-hybridized carbons (Fsp3) is 0.643. The molecule has 1 fully saturated rings. The van der Waals surface area contributed by atoms with E-state index in [-0.39, 0.29) is 6.09 Å². The van der Waals surface area contributed by atoms with Crippen LogP contribution in [0.3, 0.4) is 0 Å². The molecule has 0 spiro atoms. The van der Waals surface area contributed by atoms with Crippen LogP contribution >= 0.6 is 11.3 Å². The van der Waals surface area contributed by atoms with Crippen LogP contribution < -0.4 is 4.90 Å². The summed E-state index contributed by atoms with van der Waals surface area (Å²) in [7, 11) is 0. The first-order valence-corrected chi connectivity index (χ1v) is 7.56. The number of ether oxygens (including phenoxy) is 1. The van der Waals surface area contributed by atoms with Crippen molar-refractivity contribution < 1.29 is 9.53 Å². The summed E-state index contributed by atoms with van der Waals surface area (Å²) in [5, 5.41) is 1.13. The largest absolute Gasteiger partial charge is 0.447 e. The van der Waals surface area contributed by atoms with Gasteiger partial charge in [0.1, 0.15) is 11.6 Å². The smallest absolute Gasteiger partial charge is 0.415 e. The van der Waals surface area contributed by atoms with Gasteiger partial charge < -0.3 is 4.74 Å². The van der Waals surface area contributed by atoms with E-state index in [9.17, 15) is 4.79 Å². The molecule has 0 radical (unpaired) electrons. The monoisotopic (exact) mass is 267 g/mol. The molecule has 1 aliphatic heterocycles. The second-order valence-electron chi connectivity index (χ2n) is 4.64. The van der Waals surface area contributed by atoms with Gasteiger partial charge in [-0.1, -0.05) is 20.3 Å². The highest BCUT2D eigenvalue weighted by molar-refractivity contribution is 7.16. The van der Waals surface area contributed by atoms with Crippen LogP contribution in [0, 0.1) is 6.92 Å². The minimum Gasteiger partial charge on any atom is -0.447 e. The molecule has 1 amide bonds. The maximum absolute atomic E-state index is 11.7. The third kappa shape index (κ3) is 2.39. The molecule has 0 aromatic carbocycles. The zero-order chi connectivity index (χ0) is 13.1. The van der Waals surface area contributed by atoms with Crippen LogP contribution in [0.4, 0.5) is 9.80 Å². The van der Waals surface area contributed by atoms with Crippen molar-refractivity contribution in [3.63, 3.8) is 0 Å². The van der Waals surface area contributed by atoms with Crippen LogP contribution in [0.2, 0.25) is 0 Å². The topological polar surface area (TPSA) is 29.5 Å². The number of cyclic esters (lactones) is 1. The average Bonchev–Trinajstić information content (AvgIpc) is 2.90. The van der Waals surface area contributed by atoms with E-state index >= 15 is 0 Å². The molecule has 2 rings (SSSR count). The predicted molar refractivity (Wildman–Crippen MR) is 75.7 cm³/mol. The second kappa shape index (κ2) is 5.74. The Bertz CT molecular complexity index is 439. The van der Waals surface area contributed by atoms with Crippen molar-refractivity contribution in [2.24, 2.45) is 0 Å². The van der Waals surface area contributed by atoms with E-state index in [1.165, 1.54) is 28.8 Å². The molecule has 1 aromatic rings. The third-order valence-electron chi connectivity index (χ3n) is 3.44. The molecule has 100 valence electrons. The fourth-order valence-electron chi connectivity index (χ4n) is 2.48. The highest BCUT2D eigenvalue weighted by Crippen LogP contribution is 2.38. The fourth-order valence-corrected chi connectivity index (χ4v) is 3.78. The quantitative estimate of drug-likeness (QED) is 0.809. The first kappa shape index (κ1) is 13.4. The molecular weight excluding hydrogens is 246 g/mol. The Hall–Kier alpha value is -1.03. The van der Waals surface area contributed by atoms with E-state index in [4.69, 9.17) is 4.74 Å². The summed E-state index contributed by atoms with van der Waals surface area (Å²) >= 11 is 1.74. The van der Waals surface area contributed by atoms with Crippen molar-refractivity contribution in [1.29, 1.82) is 0 Å². The molecule has 18 heavy (non-hydrogen) atoms. The van der Waals surface area contributed by atoms with Gasteiger partial charge in [0.25, 0.3) is 0 Å². The number of nitrogens with zero attached hydrogens (tertiary/aromatic N) is 1. The van der Waals surface area contributed by atoms with Crippen molar-refractivity contribution in [1.82, 2.24) is 0 Å². The van der Waals surface area contributed by atoms with Gasteiger partial charge in [0.05, 0.1) is 6.54 Å². The van der Waals surface area contributed by atoms with E-state index in [1.807, 2.05) is 4.90 Å². The molecule has 1 aliphatic rings. The number of aryl methyl sites for hydroxylation is 1. The molecule has 0 unspecified atom stereocenters. The van der Waals surface area contributed by atoms with Gasteiger partial charge in [-0.25, -0.2) is 4.79 Å². The van der Waals surface area contributed by atoms with Crippen LogP contribution in [0.5, 0.6) is 0 Å². The van der Waals surface area contributed by atoms with Gasteiger partial charge in [0.2, 0.25) is 0 Å². The zero-order valence-electron chi connectivity index (χ0n) is 11.4. The zero-order valence-corrected chi connectivity index (χ0v) is 12.2. The molecule has 1 aromatic heterocycles. The number of carbonyl (C=O) groups is 1. The van der Waals surface area contributed by atoms with E-state index < -0.39 is 0 Å². The van der Waals surface area contributed by atoms with Crippen molar-refractivity contribution >= 4 is 22.4 Å². The number of rotatable bonds is 5. The first-order chi connectivity index (χ1) is 8.69. The molecule has 2 heterocycles. The maximum Gasteiger partial charge on any atom is 0.415 e. The van der Waals surface area contributed by atoms with Gasteiger partial charge >= 0.3 is 6.09 Å². The highest BCUT2D eigenvalue weighted by Gasteiger charge is 2.28. The molecular formula is C14H21NO2S. The molecule has 0 bridgehead atoms. The minimum atomic E-state index is -0.184. The number of unbranched alkanes of at least 4 members (excludes halogenated alkanes) is 1. The summed E-state index contributed by atoms with van der Waals surface area (Å²) in [6, 6.07) is 0. The Kier molecular flexibility index (Phi) is 4.27. The summed E-state index contributed by atoms with van der Waals surface area (Å²) in [4.78, 5) is 14.9. The van der Waals surface area contributed by atoms with Crippen molar-refractivity contribution in [2.45, 2.75) is 46.5 Å². The maximum atomic E-state index is 11.7. The Morgan fingerprint density at radius 3 is 2.67 bits per heavy atom. The van der Waals surface area contributed by atoms with Gasteiger partial charge in [0.15, 0.2) is 0 Å². The molecule has 1 saturated heterocycles. The Morgan fingerprint density at radius 2 is 2.11 bits per heavy atom. The average molecular weight is 267 g/mol. The molecule has 0 N–H and O–H groups in total. The Balaban J connectivity index is 2.35. The summed E-state index contributed by atoms with van der Waals surface area (Å²) in [6.45, 7) is 7.76. The summed E-state index contributed by atoms with van der Waals surface area (Å²) in [6.07, 6.45) is 4.30. The lowest BCUT2D eigenvalue weighted by atomic mass is 10.0. The van der Waals surface area contributed by atoms with Crippen molar-refractivity contribution in [2.75, 3.05) is 18.1 Å². The number of hydrogen-bond donors (Lipinski definition) is 0. The predicted octanol–water partition coefficient (Wildman–Crippen LogP) is 3.92. The van der Waals surface area contributed by atoms with Crippen LogP contribution in [0.1, 0.15) is 42.7 Å². The molecule has 0 aliphatic carbocycles. The molecule has 0 atom stereocenters. The van der Waals surface area contributed by atoms with Gasteiger partial charge in [-0.15, -0.1) is 11.3 Å². The summed E-state index contributed by atoms with van der Waals surface area (Å²) in [5.41, 5.74) is 2.81. The molecule has 3 nitrogen and oxygen atoms in total. The van der Waals surface area contributed by atoms with Crippen molar-refractivity contribution in [3.8, 4) is 0 Å². The third-order valence-corrected chi connectivity index (χ3v) is 4.65. The SMILES string of the molecule is CCCCc1c(N2CCOC2=O)sc(C)c1CC. The number of hydrogen-bond acceptors (Lipinski definition) is 3. The lowest BCUT2D eigenvalue weighted by Crippen LogP contribution is -2.23. The number of carbonyl (C=O) groups excluding carboxylic acids is 1. The lowest BCUT2D eigenvalue weighted by Gasteiger charge is -2.13. The summed E-state index contributed by atoms with van der Waals surface area (Å²) in [5.74, 6) is 0. The second-order valence-corrected chi connectivity index (χ2v) is 5.85. The van der Waals surface area contributed by atoms with Crippen molar-refractivity contribution in [3.05, 3.63) is 16.0 Å². The first-order valence-electron chi connectivity index (χ1n) is 6.74. The highest BCUT2D eigenvalue weighted by atomic mass is 32.1. The standard InChI is InChI=1S/C14H21NO2S/c1-4-6-7-12-11(5-2)10(3)18-13(12)15-8-9-17-14(15)16/h4-9H2,1-3H3. The van der Waals surface area contributed by atoms with Crippen LogP contribution in [0.25, 0.3) is 0 Å². The van der Waals surface area contributed by atoms with Crippen LogP contribution in [-0.4, -0.2) is 19.2 Å². The van der Waals surface area contributed by atoms with Gasteiger partial charge in [-0.05, 0) is 37.3 Å². The van der Waals surface area contributed by atoms with E-state index in [0.717, 1.165) is 17.8 Å².